The molecule has 1 aliphatic carbocycles. The molecule has 2 aliphatic rings. The molecule has 0 spiro atoms. The van der Waals surface area contributed by atoms with Crippen molar-refractivity contribution in [2.45, 2.75) is 56.5 Å². The quantitative estimate of drug-likeness (QED) is 0.105. The summed E-state index contributed by atoms with van der Waals surface area (Å²) in [7, 11) is 0. The molecular formula is C45H41N3O8. The van der Waals surface area contributed by atoms with Crippen molar-refractivity contribution in [2.75, 3.05) is 6.61 Å². The fraction of sp³-hybridized carbons (Fsp3) is 0.222. The van der Waals surface area contributed by atoms with Crippen molar-refractivity contribution in [1.82, 2.24) is 15.5 Å². The fourth-order valence-electron chi connectivity index (χ4n) is 7.29. The highest BCUT2D eigenvalue weighted by atomic mass is 16.6. The largest absolute Gasteiger partial charge is 0.459 e. The number of hydrogen-bond acceptors (Lipinski definition) is 8. The van der Waals surface area contributed by atoms with E-state index in [2.05, 4.69) is 10.6 Å². The Morgan fingerprint density at radius 2 is 1.14 bits per heavy atom. The molecule has 0 unspecified atom stereocenters. The zero-order valence-electron chi connectivity index (χ0n) is 30.7. The number of nitrogens with zero attached hydrogens (tertiary/aromatic N) is 1. The number of imide groups is 1. The number of carbonyl (C=O) groups is 5. The van der Waals surface area contributed by atoms with E-state index in [1.165, 1.54) is 6.92 Å². The smallest absolute Gasteiger partial charge is 0.417 e. The molecule has 0 radical (unpaired) electrons. The van der Waals surface area contributed by atoms with Gasteiger partial charge in [0.15, 0.2) is 6.04 Å². The van der Waals surface area contributed by atoms with E-state index < -0.39 is 54.2 Å². The SMILES string of the molecule is C[C@@H]1OC(=O)N(C(=O)[C@H](Cc2ccccc2)NC(=O)OCC2c3ccccc3-c3ccccc32)[C@H]1C(=O)N[C@@H](Cc1ccccc1)C(=O)OCc1ccccc1. The van der Waals surface area contributed by atoms with Crippen LogP contribution in [-0.4, -0.2) is 65.7 Å². The molecule has 0 bridgehead atoms. The maximum absolute atomic E-state index is 14.4. The third-order valence-corrected chi connectivity index (χ3v) is 10.0. The summed E-state index contributed by atoms with van der Waals surface area (Å²) >= 11 is 0. The lowest BCUT2D eigenvalue weighted by atomic mass is 9.98. The Kier molecular flexibility index (Phi) is 11.5. The molecule has 0 saturated carbocycles. The van der Waals surface area contributed by atoms with E-state index in [1.54, 1.807) is 24.3 Å². The van der Waals surface area contributed by atoms with Gasteiger partial charge in [0, 0.05) is 18.8 Å². The summed E-state index contributed by atoms with van der Waals surface area (Å²) in [6.45, 7) is 1.47. The number of hydrogen-bond donors (Lipinski definition) is 2. The van der Waals surface area contributed by atoms with Gasteiger partial charge in [0.25, 0.3) is 5.91 Å². The fourth-order valence-corrected chi connectivity index (χ4v) is 7.29. The first kappa shape index (κ1) is 37.6. The van der Waals surface area contributed by atoms with Crippen LogP contribution < -0.4 is 10.6 Å². The van der Waals surface area contributed by atoms with Gasteiger partial charge in [-0.3, -0.25) is 9.59 Å². The number of amides is 4. The van der Waals surface area contributed by atoms with Gasteiger partial charge in [-0.1, -0.05) is 140 Å². The number of ether oxygens (including phenoxy) is 3. The summed E-state index contributed by atoms with van der Waals surface area (Å²) in [5.41, 5.74) is 6.39. The van der Waals surface area contributed by atoms with E-state index in [-0.39, 0.29) is 32.0 Å². The Morgan fingerprint density at radius 1 is 0.643 bits per heavy atom. The monoisotopic (exact) mass is 751 g/mol. The van der Waals surface area contributed by atoms with Crippen LogP contribution in [0.3, 0.4) is 0 Å². The van der Waals surface area contributed by atoms with E-state index in [4.69, 9.17) is 14.2 Å². The molecular weight excluding hydrogens is 711 g/mol. The summed E-state index contributed by atoms with van der Waals surface area (Å²) in [5, 5.41) is 5.39. The molecule has 5 aromatic rings. The van der Waals surface area contributed by atoms with Gasteiger partial charge in [-0.25, -0.2) is 19.3 Å². The summed E-state index contributed by atoms with van der Waals surface area (Å²) in [6, 6.07) is 39.1. The highest BCUT2D eigenvalue weighted by Gasteiger charge is 2.50. The molecule has 4 amide bonds. The molecule has 7 rings (SSSR count). The second kappa shape index (κ2) is 17.2. The number of esters is 1. The third kappa shape index (κ3) is 8.47. The summed E-state index contributed by atoms with van der Waals surface area (Å²) in [5.74, 6) is -2.58. The first-order valence-corrected chi connectivity index (χ1v) is 18.5. The number of fused-ring (bicyclic) bond motifs is 3. The Hall–Kier alpha value is -6.75. The van der Waals surface area contributed by atoms with E-state index in [0.29, 0.717) is 10.5 Å². The van der Waals surface area contributed by atoms with Crippen molar-refractivity contribution in [2.24, 2.45) is 0 Å². The Morgan fingerprint density at radius 3 is 1.71 bits per heavy atom. The van der Waals surface area contributed by atoms with Crippen LogP contribution in [0.25, 0.3) is 11.1 Å². The van der Waals surface area contributed by atoms with E-state index in [9.17, 15) is 24.0 Å². The minimum atomic E-state index is -1.46. The lowest BCUT2D eigenvalue weighted by Gasteiger charge is -2.27. The Labute approximate surface area is 324 Å². The highest BCUT2D eigenvalue weighted by molar-refractivity contribution is 6.03. The molecule has 1 fully saturated rings. The second-order valence-electron chi connectivity index (χ2n) is 13.8. The van der Waals surface area contributed by atoms with Crippen molar-refractivity contribution in [3.05, 3.63) is 167 Å². The van der Waals surface area contributed by atoms with Crippen LogP contribution in [0.5, 0.6) is 0 Å². The van der Waals surface area contributed by atoms with E-state index >= 15 is 0 Å². The predicted octanol–water partition coefficient (Wildman–Crippen LogP) is 6.34. The van der Waals surface area contributed by atoms with Crippen LogP contribution in [0.4, 0.5) is 9.59 Å². The molecule has 56 heavy (non-hydrogen) atoms. The summed E-state index contributed by atoms with van der Waals surface area (Å²) < 4.78 is 16.8. The number of carbonyl (C=O) groups excluding carboxylic acids is 5. The number of nitrogens with one attached hydrogen (secondary N) is 2. The third-order valence-electron chi connectivity index (χ3n) is 10.0. The van der Waals surface area contributed by atoms with Crippen LogP contribution in [0.15, 0.2) is 140 Å². The lowest BCUT2D eigenvalue weighted by molar-refractivity contribution is -0.150. The van der Waals surface area contributed by atoms with Crippen molar-refractivity contribution < 1.29 is 38.2 Å². The van der Waals surface area contributed by atoms with Crippen molar-refractivity contribution in [3.63, 3.8) is 0 Å². The summed E-state index contributed by atoms with van der Waals surface area (Å²) in [6.07, 6.45) is -2.92. The van der Waals surface area contributed by atoms with Crippen LogP contribution in [-0.2, 0) is 48.0 Å². The molecule has 0 aromatic heterocycles. The number of rotatable bonds is 13. The number of cyclic esters (lactones) is 1. The average molecular weight is 752 g/mol. The van der Waals surface area contributed by atoms with Gasteiger partial charge in [0.2, 0.25) is 5.91 Å². The predicted molar refractivity (Wildman–Crippen MR) is 207 cm³/mol. The molecule has 284 valence electrons. The first-order valence-electron chi connectivity index (χ1n) is 18.5. The molecule has 1 saturated heterocycles. The van der Waals surface area contributed by atoms with Gasteiger partial charge in [-0.05, 0) is 45.9 Å². The minimum absolute atomic E-state index is 0.00308. The normalized spacial score (nSPS) is 16.8. The van der Waals surface area contributed by atoms with Gasteiger partial charge in [-0.15, -0.1) is 0 Å². The van der Waals surface area contributed by atoms with Gasteiger partial charge in [0.1, 0.15) is 31.4 Å². The average Bonchev–Trinajstić information content (AvgIpc) is 3.71. The van der Waals surface area contributed by atoms with Crippen molar-refractivity contribution >= 4 is 30.0 Å². The maximum atomic E-state index is 14.4. The minimum Gasteiger partial charge on any atom is -0.459 e. The standard InChI is InChI=1S/C45H41N3O8/c1-29-40(41(49)46-39(26-31-17-7-3-8-18-31)43(51)54-27-32-19-9-4-10-20-32)48(45(53)56-29)42(50)38(25-30-15-5-2-6-16-30)47-44(52)55-28-37-35-23-13-11-21-33(35)34-22-12-14-24-36(34)37/h2-24,29,37-40H,25-28H2,1H3,(H,46,49)(H,47,52)/t29-,38-,39-,40+/m0/s1. The molecule has 5 aromatic carbocycles. The maximum Gasteiger partial charge on any atom is 0.417 e. The van der Waals surface area contributed by atoms with Crippen LogP contribution in [0, 0.1) is 0 Å². The molecule has 4 atom stereocenters. The van der Waals surface area contributed by atoms with E-state index in [0.717, 1.165) is 33.4 Å². The Bertz CT molecular complexity index is 2150. The number of alkyl carbamates (subject to hydrolysis) is 1. The molecule has 1 heterocycles. The molecule has 11 heteroatoms. The van der Waals surface area contributed by atoms with E-state index in [1.807, 2.05) is 115 Å². The van der Waals surface area contributed by atoms with Crippen molar-refractivity contribution in [1.29, 1.82) is 0 Å². The molecule has 1 aliphatic heterocycles. The van der Waals surface area contributed by atoms with Gasteiger partial charge in [0.05, 0.1) is 0 Å². The van der Waals surface area contributed by atoms with Gasteiger partial charge in [-0.2, -0.15) is 0 Å². The number of benzene rings is 5. The molecule has 2 N–H and O–H groups in total. The first-order chi connectivity index (χ1) is 27.3. The zero-order valence-corrected chi connectivity index (χ0v) is 30.7. The topological polar surface area (TPSA) is 140 Å². The van der Waals surface area contributed by atoms with Crippen LogP contribution in [0.2, 0.25) is 0 Å². The summed E-state index contributed by atoms with van der Waals surface area (Å²) in [4.78, 5) is 69.6. The van der Waals surface area contributed by atoms with Gasteiger partial charge >= 0.3 is 18.2 Å². The van der Waals surface area contributed by atoms with Crippen molar-refractivity contribution in [3.8, 4) is 11.1 Å². The Balaban J connectivity index is 1.09. The highest BCUT2D eigenvalue weighted by Crippen LogP contribution is 2.44. The van der Waals surface area contributed by atoms with Gasteiger partial charge < -0.3 is 24.8 Å². The zero-order chi connectivity index (χ0) is 39.0. The van der Waals surface area contributed by atoms with Crippen LogP contribution in [0.1, 0.15) is 40.7 Å². The molecule has 11 nitrogen and oxygen atoms in total. The second-order valence-corrected chi connectivity index (χ2v) is 13.8. The van der Waals surface area contributed by atoms with Crippen LogP contribution >= 0.6 is 0 Å². The lowest BCUT2D eigenvalue weighted by Crippen LogP contribution is -2.58.